The smallest absolute Gasteiger partial charge is 0.231 e. The molecule has 158 valence electrons. The van der Waals surface area contributed by atoms with Crippen LogP contribution in [-0.2, 0) is 22.0 Å². The van der Waals surface area contributed by atoms with E-state index in [2.05, 4.69) is 41.9 Å². The molecule has 3 aromatic rings. The van der Waals surface area contributed by atoms with E-state index in [0.717, 1.165) is 28.8 Å². The monoisotopic (exact) mass is 405 g/mol. The van der Waals surface area contributed by atoms with Gasteiger partial charge in [-0.15, -0.1) is 0 Å². The number of amides is 1. The summed E-state index contributed by atoms with van der Waals surface area (Å²) in [5.74, 6) is 1.42. The zero-order valence-electron chi connectivity index (χ0n) is 18.1. The number of carbonyl (C=O) groups is 1. The molecule has 0 saturated carbocycles. The molecule has 30 heavy (non-hydrogen) atoms. The Morgan fingerprint density at radius 2 is 1.77 bits per heavy atom. The van der Waals surface area contributed by atoms with E-state index in [4.69, 9.17) is 9.72 Å². The van der Waals surface area contributed by atoms with Crippen molar-refractivity contribution in [1.82, 2.24) is 14.9 Å². The topological polar surface area (TPSA) is 56.1 Å². The molecular weight excluding hydrogens is 374 g/mol. The summed E-state index contributed by atoms with van der Waals surface area (Å²) < 4.78 is 7.73. The lowest BCUT2D eigenvalue weighted by atomic mass is 9.73. The van der Waals surface area contributed by atoms with Gasteiger partial charge in [-0.3, -0.25) is 4.79 Å². The number of fused-ring (bicyclic) bond motifs is 1. The van der Waals surface area contributed by atoms with Gasteiger partial charge >= 0.3 is 0 Å². The predicted molar refractivity (Wildman–Crippen MR) is 119 cm³/mol. The van der Waals surface area contributed by atoms with E-state index in [9.17, 15) is 4.79 Å². The third-order valence-electron chi connectivity index (χ3n) is 6.25. The molecule has 0 aliphatic carbocycles. The lowest BCUT2D eigenvalue weighted by Gasteiger charge is -2.37. The first kappa shape index (κ1) is 20.6. The van der Waals surface area contributed by atoms with Gasteiger partial charge in [0.15, 0.2) is 0 Å². The number of nitrogens with one attached hydrogen (secondary N) is 1. The Bertz CT molecular complexity index is 1000. The minimum atomic E-state index is -0.556. The molecule has 1 atom stereocenters. The fourth-order valence-corrected chi connectivity index (χ4v) is 4.60. The van der Waals surface area contributed by atoms with Crippen molar-refractivity contribution in [3.63, 3.8) is 0 Å². The van der Waals surface area contributed by atoms with Crippen LogP contribution in [0.4, 0.5) is 0 Å². The van der Waals surface area contributed by atoms with Gasteiger partial charge in [-0.2, -0.15) is 0 Å². The maximum Gasteiger partial charge on any atom is 0.231 e. The fraction of sp³-hybridized carbons (Fsp3) is 0.440. The summed E-state index contributed by atoms with van der Waals surface area (Å²) in [6.45, 7) is 5.57. The Hall–Kier alpha value is -2.66. The number of aryl methyl sites for hydroxylation is 1. The third kappa shape index (κ3) is 3.86. The number of imidazole rings is 1. The summed E-state index contributed by atoms with van der Waals surface area (Å²) in [6.07, 6.45) is 2.23. The first-order valence-electron chi connectivity index (χ1n) is 10.9. The van der Waals surface area contributed by atoms with Gasteiger partial charge in [0.25, 0.3) is 0 Å². The molecule has 1 saturated heterocycles. The molecule has 0 bridgehead atoms. The molecule has 1 N–H and O–H groups in total. The molecule has 2 heterocycles. The average molecular weight is 406 g/mol. The van der Waals surface area contributed by atoms with Crippen molar-refractivity contribution in [3.8, 4) is 0 Å². The fourth-order valence-electron chi connectivity index (χ4n) is 4.60. The minimum absolute atomic E-state index is 0.0784. The Labute approximate surface area is 178 Å². The standard InChI is InChI=1S/C25H31N3O2/c1-18(2)17-21(23-26-20-11-7-8-12-22(20)28(23)3)27-24(29)25(13-15-30-16-14-25)19-9-5-4-6-10-19/h4-12,18,21H,13-17H2,1-3H3,(H,27,29)/t21-/m1/s1. The summed E-state index contributed by atoms with van der Waals surface area (Å²) in [5, 5.41) is 3.40. The van der Waals surface area contributed by atoms with Crippen molar-refractivity contribution in [1.29, 1.82) is 0 Å². The number of hydrogen-bond acceptors (Lipinski definition) is 3. The number of nitrogens with zero attached hydrogens (tertiary/aromatic N) is 2. The average Bonchev–Trinajstić information content (AvgIpc) is 3.11. The Balaban J connectivity index is 1.69. The Morgan fingerprint density at radius 1 is 1.10 bits per heavy atom. The van der Waals surface area contributed by atoms with Crippen LogP contribution in [0, 0.1) is 5.92 Å². The number of rotatable bonds is 6. The normalized spacial score (nSPS) is 17.2. The van der Waals surface area contributed by atoms with Crippen LogP contribution in [0.3, 0.4) is 0 Å². The van der Waals surface area contributed by atoms with E-state index in [1.807, 2.05) is 43.4 Å². The number of carbonyl (C=O) groups excluding carboxylic acids is 1. The highest BCUT2D eigenvalue weighted by Crippen LogP contribution is 2.36. The van der Waals surface area contributed by atoms with Gasteiger partial charge in [0.05, 0.1) is 22.5 Å². The lowest BCUT2D eigenvalue weighted by Crippen LogP contribution is -2.49. The van der Waals surface area contributed by atoms with Crippen LogP contribution < -0.4 is 5.32 Å². The van der Waals surface area contributed by atoms with E-state index in [-0.39, 0.29) is 11.9 Å². The second kappa shape index (κ2) is 8.60. The predicted octanol–water partition coefficient (Wildman–Crippen LogP) is 4.53. The largest absolute Gasteiger partial charge is 0.381 e. The van der Waals surface area contributed by atoms with Crippen molar-refractivity contribution >= 4 is 16.9 Å². The summed E-state index contributed by atoms with van der Waals surface area (Å²) in [5.41, 5.74) is 2.56. The van der Waals surface area contributed by atoms with Gasteiger partial charge in [0.1, 0.15) is 5.82 Å². The van der Waals surface area contributed by atoms with Crippen molar-refractivity contribution in [2.75, 3.05) is 13.2 Å². The SMILES string of the molecule is CC(C)C[C@@H](NC(=O)C1(c2ccccc2)CCOCC1)c1nc2ccccc2n1C. The number of ether oxygens (including phenoxy) is 1. The van der Waals surface area contributed by atoms with Crippen molar-refractivity contribution < 1.29 is 9.53 Å². The summed E-state index contributed by atoms with van der Waals surface area (Å²) in [7, 11) is 2.03. The molecule has 1 aliphatic heterocycles. The van der Waals surface area contributed by atoms with Crippen LogP contribution in [0.1, 0.15) is 50.5 Å². The van der Waals surface area contributed by atoms with Crippen LogP contribution in [0.5, 0.6) is 0 Å². The van der Waals surface area contributed by atoms with E-state index in [1.54, 1.807) is 0 Å². The molecule has 5 heteroatoms. The molecule has 5 nitrogen and oxygen atoms in total. The molecule has 0 unspecified atom stereocenters. The van der Waals surface area contributed by atoms with Gasteiger partial charge in [-0.25, -0.2) is 4.98 Å². The maximum absolute atomic E-state index is 13.8. The lowest BCUT2D eigenvalue weighted by molar-refractivity contribution is -0.131. The van der Waals surface area contributed by atoms with Crippen molar-refractivity contribution in [2.24, 2.45) is 13.0 Å². The van der Waals surface area contributed by atoms with Gasteiger partial charge in [0.2, 0.25) is 5.91 Å². The quantitative estimate of drug-likeness (QED) is 0.656. The summed E-state index contributed by atoms with van der Waals surface area (Å²) in [6, 6.07) is 18.1. The highest BCUT2D eigenvalue weighted by Gasteiger charge is 2.42. The Kier molecular flexibility index (Phi) is 5.91. The first-order valence-corrected chi connectivity index (χ1v) is 10.9. The van der Waals surface area contributed by atoms with Crippen molar-refractivity contribution in [3.05, 3.63) is 66.0 Å². The zero-order valence-corrected chi connectivity index (χ0v) is 18.1. The molecule has 4 rings (SSSR count). The summed E-state index contributed by atoms with van der Waals surface area (Å²) in [4.78, 5) is 18.7. The van der Waals surface area contributed by atoms with Crippen LogP contribution in [0.15, 0.2) is 54.6 Å². The van der Waals surface area contributed by atoms with E-state index in [1.165, 1.54) is 0 Å². The second-order valence-electron chi connectivity index (χ2n) is 8.73. The number of hydrogen-bond donors (Lipinski definition) is 1. The highest BCUT2D eigenvalue weighted by atomic mass is 16.5. The molecule has 1 aliphatic rings. The van der Waals surface area contributed by atoms with E-state index in [0.29, 0.717) is 32.0 Å². The maximum atomic E-state index is 13.8. The van der Waals surface area contributed by atoms with Gasteiger partial charge in [0, 0.05) is 20.3 Å². The first-order chi connectivity index (χ1) is 14.5. The molecule has 0 spiro atoms. The molecule has 2 aromatic carbocycles. The number of para-hydroxylation sites is 2. The minimum Gasteiger partial charge on any atom is -0.381 e. The van der Waals surface area contributed by atoms with Gasteiger partial charge in [-0.05, 0) is 42.9 Å². The zero-order chi connectivity index (χ0) is 21.1. The van der Waals surface area contributed by atoms with Crippen LogP contribution in [0.25, 0.3) is 11.0 Å². The van der Waals surface area contributed by atoms with Crippen LogP contribution >= 0.6 is 0 Å². The molecule has 1 amide bonds. The number of aromatic nitrogens is 2. The summed E-state index contributed by atoms with van der Waals surface area (Å²) >= 11 is 0. The van der Waals surface area contributed by atoms with Gasteiger partial charge in [-0.1, -0.05) is 56.3 Å². The van der Waals surface area contributed by atoms with Crippen molar-refractivity contribution in [2.45, 2.75) is 44.6 Å². The van der Waals surface area contributed by atoms with Crippen LogP contribution in [0.2, 0.25) is 0 Å². The molecule has 1 aromatic heterocycles. The molecule has 0 radical (unpaired) electrons. The highest BCUT2D eigenvalue weighted by molar-refractivity contribution is 5.89. The number of benzene rings is 2. The van der Waals surface area contributed by atoms with Crippen LogP contribution in [-0.4, -0.2) is 28.7 Å². The molecular formula is C25H31N3O2. The third-order valence-corrected chi connectivity index (χ3v) is 6.25. The van der Waals surface area contributed by atoms with E-state index >= 15 is 0 Å². The van der Waals surface area contributed by atoms with Gasteiger partial charge < -0.3 is 14.6 Å². The second-order valence-corrected chi connectivity index (χ2v) is 8.73. The Morgan fingerprint density at radius 3 is 2.43 bits per heavy atom. The molecule has 1 fully saturated rings. The van der Waals surface area contributed by atoms with E-state index < -0.39 is 5.41 Å².